The molecule has 0 aliphatic carbocycles. The number of fused-ring (bicyclic) bond motifs is 1. The fourth-order valence-electron chi connectivity index (χ4n) is 2.90. The first-order valence-electron chi connectivity index (χ1n) is 8.60. The molecule has 26 heavy (non-hydrogen) atoms. The van der Waals surface area contributed by atoms with Gasteiger partial charge in [0.25, 0.3) is 0 Å². The lowest BCUT2D eigenvalue weighted by atomic mass is 10.2. The normalized spacial score (nSPS) is 11.2. The first-order chi connectivity index (χ1) is 12.8. The number of nitrogens with one attached hydrogen (secondary N) is 1. The van der Waals surface area contributed by atoms with Crippen LogP contribution in [0.15, 0.2) is 43.1 Å². The van der Waals surface area contributed by atoms with Gasteiger partial charge < -0.3 is 9.88 Å². The van der Waals surface area contributed by atoms with Crippen LogP contribution in [0.3, 0.4) is 0 Å². The maximum absolute atomic E-state index is 4.72. The minimum absolute atomic E-state index is 0.587. The van der Waals surface area contributed by atoms with E-state index in [2.05, 4.69) is 36.9 Å². The molecule has 0 bridgehead atoms. The smallest absolute Gasteiger partial charge is 0.164 e. The summed E-state index contributed by atoms with van der Waals surface area (Å²) in [6, 6.07) is 3.80. The molecule has 0 saturated carbocycles. The number of pyridine rings is 1. The number of hydrogen-bond acceptors (Lipinski definition) is 6. The van der Waals surface area contributed by atoms with Gasteiger partial charge in [0.2, 0.25) is 0 Å². The van der Waals surface area contributed by atoms with E-state index in [1.54, 1.807) is 23.3 Å². The van der Waals surface area contributed by atoms with Gasteiger partial charge in [0.05, 0.1) is 18.1 Å². The number of aromatic nitrogens is 7. The highest BCUT2D eigenvalue weighted by Gasteiger charge is 2.13. The van der Waals surface area contributed by atoms with E-state index in [9.17, 15) is 0 Å². The average Bonchev–Trinajstić information content (AvgIpc) is 3.27. The Balaban J connectivity index is 1.70. The topological polar surface area (TPSA) is 86.3 Å². The van der Waals surface area contributed by atoms with E-state index in [-0.39, 0.29) is 0 Å². The van der Waals surface area contributed by atoms with E-state index in [0.29, 0.717) is 12.4 Å². The predicted octanol–water partition coefficient (Wildman–Crippen LogP) is 2.64. The molecular formula is C18H20N8. The summed E-state index contributed by atoms with van der Waals surface area (Å²) in [5.41, 5.74) is 1.70. The van der Waals surface area contributed by atoms with Crippen molar-refractivity contribution in [1.29, 1.82) is 0 Å². The number of rotatable bonds is 6. The number of hydrogen-bond donors (Lipinski definition) is 1. The number of anilines is 1. The van der Waals surface area contributed by atoms with E-state index >= 15 is 0 Å². The van der Waals surface area contributed by atoms with Crippen molar-refractivity contribution in [1.82, 2.24) is 34.3 Å². The molecule has 0 fully saturated rings. The molecule has 0 saturated heterocycles. The maximum atomic E-state index is 4.72. The molecule has 0 atom stereocenters. The van der Waals surface area contributed by atoms with Gasteiger partial charge >= 0.3 is 0 Å². The van der Waals surface area contributed by atoms with Gasteiger partial charge in [0.15, 0.2) is 11.5 Å². The van der Waals surface area contributed by atoms with Gasteiger partial charge in [-0.1, -0.05) is 6.92 Å². The summed E-state index contributed by atoms with van der Waals surface area (Å²) in [6.45, 7) is 3.69. The van der Waals surface area contributed by atoms with Crippen molar-refractivity contribution < 1.29 is 0 Å². The highest BCUT2D eigenvalue weighted by atomic mass is 15.3. The molecule has 8 nitrogen and oxygen atoms in total. The van der Waals surface area contributed by atoms with Crippen molar-refractivity contribution in [2.75, 3.05) is 5.32 Å². The number of aryl methyl sites for hydroxylation is 2. The first-order valence-corrected chi connectivity index (χ1v) is 8.60. The minimum Gasteiger partial charge on any atom is -0.362 e. The van der Waals surface area contributed by atoms with Crippen molar-refractivity contribution in [3.63, 3.8) is 0 Å². The molecule has 0 unspecified atom stereocenters. The third kappa shape index (κ3) is 3.01. The highest BCUT2D eigenvalue weighted by molar-refractivity contribution is 5.88. The zero-order chi connectivity index (χ0) is 17.9. The molecule has 1 N–H and O–H groups in total. The molecule has 4 aromatic rings. The zero-order valence-electron chi connectivity index (χ0n) is 14.8. The molecule has 8 heteroatoms. The lowest BCUT2D eigenvalue weighted by Crippen LogP contribution is -2.10. The number of nitrogens with zero attached hydrogens (tertiary/aromatic N) is 7. The summed E-state index contributed by atoms with van der Waals surface area (Å²) in [4.78, 5) is 17.9. The summed E-state index contributed by atoms with van der Waals surface area (Å²) >= 11 is 0. The summed E-state index contributed by atoms with van der Waals surface area (Å²) in [5, 5.41) is 8.62. The van der Waals surface area contributed by atoms with Crippen LogP contribution in [0.4, 0.5) is 5.82 Å². The molecule has 4 heterocycles. The van der Waals surface area contributed by atoms with Gasteiger partial charge in [0.1, 0.15) is 11.6 Å². The van der Waals surface area contributed by atoms with E-state index < -0.39 is 0 Å². The molecule has 4 rings (SSSR count). The van der Waals surface area contributed by atoms with Crippen molar-refractivity contribution in [3.8, 4) is 11.4 Å². The van der Waals surface area contributed by atoms with Crippen LogP contribution in [0, 0.1) is 0 Å². The molecule has 0 aliphatic heterocycles. The Morgan fingerprint density at radius 3 is 2.77 bits per heavy atom. The van der Waals surface area contributed by atoms with E-state index in [0.717, 1.165) is 41.2 Å². The van der Waals surface area contributed by atoms with Crippen LogP contribution in [-0.2, 0) is 20.1 Å². The van der Waals surface area contributed by atoms with Crippen LogP contribution in [0.25, 0.3) is 22.4 Å². The fourth-order valence-corrected chi connectivity index (χ4v) is 2.90. The molecule has 0 aromatic carbocycles. The second kappa shape index (κ2) is 6.91. The van der Waals surface area contributed by atoms with E-state index in [1.807, 2.05) is 31.6 Å². The molecule has 4 aromatic heterocycles. The van der Waals surface area contributed by atoms with Gasteiger partial charge in [-0.05, 0) is 18.6 Å². The Morgan fingerprint density at radius 1 is 1.12 bits per heavy atom. The summed E-state index contributed by atoms with van der Waals surface area (Å²) < 4.78 is 3.91. The number of imidazole rings is 1. The maximum Gasteiger partial charge on any atom is 0.164 e. The molecule has 0 aliphatic rings. The van der Waals surface area contributed by atoms with Crippen LogP contribution in [0.1, 0.15) is 19.2 Å². The largest absolute Gasteiger partial charge is 0.362 e. The van der Waals surface area contributed by atoms with Gasteiger partial charge in [-0.15, -0.1) is 0 Å². The SMILES string of the molecule is CCCn1ccnc1CNc1nc(-c2ccncc2)nc2c1cnn2C. The summed E-state index contributed by atoms with van der Waals surface area (Å²) in [7, 11) is 1.88. The van der Waals surface area contributed by atoms with Crippen LogP contribution in [0.2, 0.25) is 0 Å². The molecule has 0 radical (unpaired) electrons. The Hall–Kier alpha value is -3.29. The monoisotopic (exact) mass is 348 g/mol. The van der Waals surface area contributed by atoms with Crippen molar-refractivity contribution in [2.24, 2.45) is 7.05 Å². The summed E-state index contributed by atoms with van der Waals surface area (Å²) in [5.74, 6) is 2.37. The van der Waals surface area contributed by atoms with Gasteiger partial charge in [-0.25, -0.2) is 15.0 Å². The van der Waals surface area contributed by atoms with Crippen LogP contribution in [-0.4, -0.2) is 34.3 Å². The van der Waals surface area contributed by atoms with E-state index in [4.69, 9.17) is 4.98 Å². The Morgan fingerprint density at radius 2 is 1.96 bits per heavy atom. The van der Waals surface area contributed by atoms with Gasteiger partial charge in [-0.3, -0.25) is 9.67 Å². The highest BCUT2D eigenvalue weighted by Crippen LogP contribution is 2.24. The molecular weight excluding hydrogens is 328 g/mol. The van der Waals surface area contributed by atoms with Crippen molar-refractivity contribution >= 4 is 16.9 Å². The Labute approximate surface area is 151 Å². The third-order valence-electron chi connectivity index (χ3n) is 4.21. The predicted molar refractivity (Wildman–Crippen MR) is 99.4 cm³/mol. The fraction of sp³-hybridized carbons (Fsp3) is 0.278. The zero-order valence-corrected chi connectivity index (χ0v) is 14.8. The lowest BCUT2D eigenvalue weighted by Gasteiger charge is -2.10. The van der Waals surface area contributed by atoms with E-state index in [1.165, 1.54) is 0 Å². The minimum atomic E-state index is 0.587. The van der Waals surface area contributed by atoms with Crippen LogP contribution in [0.5, 0.6) is 0 Å². The molecule has 0 amide bonds. The van der Waals surface area contributed by atoms with Crippen LogP contribution < -0.4 is 5.32 Å². The first kappa shape index (κ1) is 16.2. The molecule has 132 valence electrons. The quantitative estimate of drug-likeness (QED) is 0.576. The van der Waals surface area contributed by atoms with Crippen LogP contribution >= 0.6 is 0 Å². The second-order valence-electron chi connectivity index (χ2n) is 6.03. The van der Waals surface area contributed by atoms with Crippen molar-refractivity contribution in [2.45, 2.75) is 26.4 Å². The van der Waals surface area contributed by atoms with Crippen molar-refractivity contribution in [3.05, 3.63) is 48.9 Å². The standard InChI is InChI=1S/C18H20N8/c1-3-9-26-10-8-20-15(26)12-21-17-14-11-22-25(2)18(14)24-16(23-17)13-4-6-19-7-5-13/h4-8,10-11H,3,9,12H2,1-2H3,(H,21,23,24). The average molecular weight is 348 g/mol. The second-order valence-corrected chi connectivity index (χ2v) is 6.03. The third-order valence-corrected chi connectivity index (χ3v) is 4.21. The van der Waals surface area contributed by atoms with Gasteiger partial charge in [-0.2, -0.15) is 5.10 Å². The Kier molecular flexibility index (Phi) is 4.30. The summed E-state index contributed by atoms with van der Waals surface area (Å²) in [6.07, 6.45) is 10.2. The lowest BCUT2D eigenvalue weighted by molar-refractivity contribution is 0.644. The van der Waals surface area contributed by atoms with Gasteiger partial charge in [0, 0.05) is 43.9 Å². The molecule has 0 spiro atoms. The Bertz CT molecular complexity index is 1020.